The standard InChI is InChI=1S/C21H21N7O2S/c1-13(2)18-24-19(30-26-18)27-10-6-15(7-11-27)14(3)29-21-25-28-12-17(23-20(28)31-21)16-4-8-22-9-5-16/h4-10,12-14H,11H2,1-3H3. The second-order valence-electron chi connectivity index (χ2n) is 7.48. The van der Waals surface area contributed by atoms with E-state index in [0.29, 0.717) is 23.6 Å². The van der Waals surface area contributed by atoms with Crippen molar-refractivity contribution in [2.45, 2.75) is 32.8 Å². The van der Waals surface area contributed by atoms with Crippen molar-refractivity contribution in [2.24, 2.45) is 0 Å². The Bertz CT molecular complexity index is 1220. The lowest BCUT2D eigenvalue weighted by Gasteiger charge is -2.21. The van der Waals surface area contributed by atoms with Gasteiger partial charge in [-0.1, -0.05) is 25.1 Å². The number of ether oxygens (including phenoxy) is 1. The molecule has 31 heavy (non-hydrogen) atoms. The highest BCUT2D eigenvalue weighted by Crippen LogP contribution is 2.28. The first kappa shape index (κ1) is 19.4. The topological polar surface area (TPSA) is 94.5 Å². The van der Waals surface area contributed by atoms with Crippen LogP contribution >= 0.6 is 11.3 Å². The van der Waals surface area contributed by atoms with Crippen molar-refractivity contribution in [1.82, 2.24) is 29.7 Å². The summed E-state index contributed by atoms with van der Waals surface area (Å²) < 4.78 is 13.2. The summed E-state index contributed by atoms with van der Waals surface area (Å²) in [4.78, 5) is 15.8. The molecule has 1 unspecified atom stereocenters. The zero-order chi connectivity index (χ0) is 21.4. The van der Waals surface area contributed by atoms with Crippen molar-refractivity contribution in [1.29, 1.82) is 0 Å². The maximum absolute atomic E-state index is 6.07. The van der Waals surface area contributed by atoms with E-state index in [1.165, 1.54) is 11.3 Å². The van der Waals surface area contributed by atoms with Gasteiger partial charge >= 0.3 is 6.01 Å². The van der Waals surface area contributed by atoms with Gasteiger partial charge in [0.25, 0.3) is 5.19 Å². The van der Waals surface area contributed by atoms with E-state index in [4.69, 9.17) is 9.26 Å². The molecule has 0 N–H and O–H groups in total. The van der Waals surface area contributed by atoms with Crippen LogP contribution in [0.1, 0.15) is 32.5 Å². The van der Waals surface area contributed by atoms with Gasteiger partial charge in [-0.3, -0.25) is 9.88 Å². The van der Waals surface area contributed by atoms with Gasteiger partial charge in [-0.15, -0.1) is 5.10 Å². The average Bonchev–Trinajstić information content (AvgIpc) is 3.50. The lowest BCUT2D eigenvalue weighted by Crippen LogP contribution is -2.23. The largest absolute Gasteiger partial charge is 0.461 e. The number of imidazole rings is 1. The number of rotatable bonds is 6. The van der Waals surface area contributed by atoms with Crippen LogP contribution in [0.2, 0.25) is 0 Å². The normalized spacial score (nSPS) is 15.0. The van der Waals surface area contributed by atoms with Crippen LogP contribution in [-0.2, 0) is 0 Å². The lowest BCUT2D eigenvalue weighted by atomic mass is 10.1. The van der Waals surface area contributed by atoms with Crippen molar-refractivity contribution in [3.63, 3.8) is 0 Å². The maximum Gasteiger partial charge on any atom is 0.328 e. The minimum absolute atomic E-state index is 0.150. The first-order valence-corrected chi connectivity index (χ1v) is 10.8. The van der Waals surface area contributed by atoms with Gasteiger partial charge in [0.2, 0.25) is 4.96 Å². The van der Waals surface area contributed by atoms with Crippen molar-refractivity contribution in [3.05, 3.63) is 60.5 Å². The fraction of sp³-hybridized carbons (Fsp3) is 0.286. The van der Waals surface area contributed by atoms with E-state index in [0.717, 1.165) is 21.8 Å². The Morgan fingerprint density at radius 2 is 2.00 bits per heavy atom. The van der Waals surface area contributed by atoms with Gasteiger partial charge in [0.15, 0.2) is 5.82 Å². The number of hydrogen-bond acceptors (Lipinski definition) is 9. The van der Waals surface area contributed by atoms with E-state index in [9.17, 15) is 0 Å². The Hall–Kier alpha value is -3.53. The minimum Gasteiger partial charge on any atom is -0.461 e. The average molecular weight is 436 g/mol. The second kappa shape index (κ2) is 7.95. The molecule has 1 atom stereocenters. The van der Waals surface area contributed by atoms with E-state index >= 15 is 0 Å². The SMILES string of the molecule is CC(Oc1nn2cc(-c3ccncc3)nc2s1)C1=CCN(c2nc(C(C)C)no2)C=C1. The molecule has 0 amide bonds. The van der Waals surface area contributed by atoms with Gasteiger partial charge in [0, 0.05) is 36.6 Å². The van der Waals surface area contributed by atoms with Crippen LogP contribution in [0.4, 0.5) is 6.01 Å². The highest BCUT2D eigenvalue weighted by Gasteiger charge is 2.19. The fourth-order valence-corrected chi connectivity index (χ4v) is 3.95. The molecule has 0 aliphatic carbocycles. The molecule has 0 aromatic carbocycles. The molecule has 5 rings (SSSR count). The highest BCUT2D eigenvalue weighted by atomic mass is 32.1. The Kier molecular flexibility index (Phi) is 4.99. The Morgan fingerprint density at radius 3 is 2.68 bits per heavy atom. The number of nitrogens with zero attached hydrogens (tertiary/aromatic N) is 7. The zero-order valence-electron chi connectivity index (χ0n) is 17.3. The predicted molar refractivity (Wildman–Crippen MR) is 117 cm³/mol. The third kappa shape index (κ3) is 3.93. The summed E-state index contributed by atoms with van der Waals surface area (Å²) in [5.74, 6) is 0.932. The molecule has 0 radical (unpaired) electrons. The highest BCUT2D eigenvalue weighted by molar-refractivity contribution is 7.18. The number of fused-ring (bicyclic) bond motifs is 1. The molecule has 0 spiro atoms. The monoisotopic (exact) mass is 435 g/mol. The van der Waals surface area contributed by atoms with Crippen LogP contribution < -0.4 is 9.64 Å². The van der Waals surface area contributed by atoms with Crippen molar-refractivity contribution >= 4 is 22.3 Å². The quantitative estimate of drug-likeness (QED) is 0.447. The Morgan fingerprint density at radius 1 is 1.16 bits per heavy atom. The molecule has 5 heterocycles. The van der Waals surface area contributed by atoms with Gasteiger partial charge in [0.05, 0.1) is 11.9 Å². The summed E-state index contributed by atoms with van der Waals surface area (Å²) in [7, 11) is 0. The summed E-state index contributed by atoms with van der Waals surface area (Å²) in [5, 5.41) is 9.11. The van der Waals surface area contributed by atoms with Crippen molar-refractivity contribution in [3.8, 4) is 16.5 Å². The summed E-state index contributed by atoms with van der Waals surface area (Å²) in [6.45, 7) is 6.71. The van der Waals surface area contributed by atoms with Gasteiger partial charge in [0.1, 0.15) is 6.10 Å². The molecule has 158 valence electrons. The smallest absolute Gasteiger partial charge is 0.328 e. The first-order chi connectivity index (χ1) is 15.1. The molecule has 9 nitrogen and oxygen atoms in total. The molecular weight excluding hydrogens is 414 g/mol. The molecule has 0 saturated heterocycles. The van der Waals surface area contributed by atoms with Crippen LogP contribution in [0.25, 0.3) is 16.2 Å². The third-order valence-electron chi connectivity index (χ3n) is 4.91. The van der Waals surface area contributed by atoms with E-state index in [2.05, 4.69) is 31.3 Å². The maximum atomic E-state index is 6.07. The molecule has 0 fully saturated rings. The van der Waals surface area contributed by atoms with Gasteiger partial charge in [-0.2, -0.15) is 4.98 Å². The van der Waals surface area contributed by atoms with Crippen LogP contribution in [0.5, 0.6) is 5.19 Å². The van der Waals surface area contributed by atoms with E-state index in [-0.39, 0.29) is 12.0 Å². The predicted octanol–water partition coefficient (Wildman–Crippen LogP) is 4.09. The summed E-state index contributed by atoms with van der Waals surface area (Å²) in [5.41, 5.74) is 2.93. The molecular formula is C21H21N7O2S. The first-order valence-electron chi connectivity index (χ1n) is 9.98. The molecule has 4 aromatic heterocycles. The fourth-order valence-electron chi connectivity index (χ4n) is 3.14. The van der Waals surface area contributed by atoms with Gasteiger partial charge in [-0.25, -0.2) is 9.50 Å². The minimum atomic E-state index is -0.150. The van der Waals surface area contributed by atoms with E-state index in [1.807, 2.05) is 56.3 Å². The molecule has 0 bridgehead atoms. The molecule has 1 aliphatic rings. The van der Waals surface area contributed by atoms with Crippen molar-refractivity contribution < 1.29 is 9.26 Å². The van der Waals surface area contributed by atoms with Gasteiger partial charge in [-0.05, 0) is 42.0 Å². The van der Waals surface area contributed by atoms with Crippen LogP contribution in [0.15, 0.2) is 59.2 Å². The molecule has 0 saturated carbocycles. The van der Waals surface area contributed by atoms with Crippen LogP contribution in [0, 0.1) is 0 Å². The lowest BCUT2D eigenvalue weighted by molar-refractivity contribution is 0.256. The van der Waals surface area contributed by atoms with Crippen LogP contribution in [-0.4, -0.2) is 42.4 Å². The molecule has 10 heteroatoms. The number of aromatic nitrogens is 6. The molecule has 4 aromatic rings. The number of pyridine rings is 1. The molecule has 1 aliphatic heterocycles. The Labute approximate surface area is 182 Å². The Balaban J connectivity index is 1.24. The van der Waals surface area contributed by atoms with Gasteiger partial charge < -0.3 is 9.26 Å². The summed E-state index contributed by atoms with van der Waals surface area (Å²) >= 11 is 1.42. The van der Waals surface area contributed by atoms with Crippen molar-refractivity contribution in [2.75, 3.05) is 11.4 Å². The van der Waals surface area contributed by atoms with E-state index < -0.39 is 0 Å². The van der Waals surface area contributed by atoms with Crippen LogP contribution in [0.3, 0.4) is 0 Å². The zero-order valence-corrected chi connectivity index (χ0v) is 18.2. The second-order valence-corrected chi connectivity index (χ2v) is 8.40. The van der Waals surface area contributed by atoms with E-state index in [1.54, 1.807) is 16.9 Å². The number of hydrogen-bond donors (Lipinski definition) is 0. The third-order valence-corrected chi connectivity index (χ3v) is 5.72. The summed E-state index contributed by atoms with van der Waals surface area (Å²) in [6, 6.07) is 4.35. The summed E-state index contributed by atoms with van der Waals surface area (Å²) in [6.07, 6.45) is 11.3. The number of anilines is 1.